The number of rotatable bonds is 2. The number of aliphatic carboxylic acids is 1. The van der Waals surface area contributed by atoms with E-state index in [9.17, 15) is 9.18 Å². The van der Waals surface area contributed by atoms with Crippen LogP contribution >= 0.6 is 11.6 Å². The molecule has 1 rings (SSSR count). The van der Waals surface area contributed by atoms with Crippen LogP contribution in [0.15, 0.2) is 12.1 Å². The second-order valence-electron chi connectivity index (χ2n) is 2.58. The molecule has 0 fully saturated rings. The van der Waals surface area contributed by atoms with Crippen LogP contribution in [-0.4, -0.2) is 11.1 Å². The maximum absolute atomic E-state index is 13.2. The van der Waals surface area contributed by atoms with E-state index < -0.39 is 11.8 Å². The summed E-state index contributed by atoms with van der Waals surface area (Å²) in [4.78, 5) is 10.3. The van der Waals surface area contributed by atoms with E-state index in [2.05, 4.69) is 0 Å². The summed E-state index contributed by atoms with van der Waals surface area (Å²) in [5.41, 5.74) is -0.0280. The first kappa shape index (κ1) is 10.5. The number of hydrogen-bond donors (Lipinski definition) is 1. The molecule has 0 radical (unpaired) electrons. The minimum atomic E-state index is -1.10. The summed E-state index contributed by atoms with van der Waals surface area (Å²) in [6.07, 6.45) is -0.360. The van der Waals surface area contributed by atoms with Gasteiger partial charge in [0, 0.05) is 0 Å². The van der Waals surface area contributed by atoms with Crippen molar-refractivity contribution in [3.63, 3.8) is 0 Å². The molecule has 0 unspecified atom stereocenters. The maximum atomic E-state index is 13.2. The van der Waals surface area contributed by atoms with Gasteiger partial charge in [0.05, 0.1) is 17.0 Å². The summed E-state index contributed by atoms with van der Waals surface area (Å²) in [7, 11) is 0. The predicted octanol–water partition coefficient (Wildman–Crippen LogP) is 1.98. The van der Waals surface area contributed by atoms with Crippen LogP contribution in [0, 0.1) is 17.1 Å². The highest BCUT2D eigenvalue weighted by atomic mass is 35.5. The Morgan fingerprint density at radius 1 is 1.64 bits per heavy atom. The van der Waals surface area contributed by atoms with Gasteiger partial charge in [-0.2, -0.15) is 5.26 Å². The predicted molar refractivity (Wildman–Crippen MR) is 47.5 cm³/mol. The lowest BCUT2D eigenvalue weighted by Crippen LogP contribution is -2.02. The number of halogens is 2. The Morgan fingerprint density at radius 2 is 2.29 bits per heavy atom. The molecule has 0 amide bonds. The molecule has 0 heterocycles. The zero-order chi connectivity index (χ0) is 10.7. The molecule has 14 heavy (non-hydrogen) atoms. The molecule has 1 N–H and O–H groups in total. The van der Waals surface area contributed by atoms with Gasteiger partial charge in [-0.25, -0.2) is 4.39 Å². The van der Waals surface area contributed by atoms with Crippen LogP contribution < -0.4 is 0 Å². The Labute approximate surface area is 84.3 Å². The van der Waals surface area contributed by atoms with Crippen molar-refractivity contribution >= 4 is 17.6 Å². The fraction of sp³-hybridized carbons (Fsp3) is 0.111. The standard InChI is InChI=1S/C9H5ClFNO2/c10-8-5(3-7(13)14)1-2-6(4-12)9(8)11/h1-2H,3H2,(H,13,14). The monoisotopic (exact) mass is 213 g/mol. The number of carbonyl (C=O) groups is 1. The second-order valence-corrected chi connectivity index (χ2v) is 2.96. The summed E-state index contributed by atoms with van der Waals surface area (Å²) < 4.78 is 13.2. The Balaban J connectivity index is 3.18. The van der Waals surface area contributed by atoms with Gasteiger partial charge < -0.3 is 5.11 Å². The number of nitriles is 1. The molecule has 5 heteroatoms. The third-order valence-corrected chi connectivity index (χ3v) is 2.03. The number of benzene rings is 1. The van der Waals surface area contributed by atoms with Crippen LogP contribution in [0.3, 0.4) is 0 Å². The summed E-state index contributed by atoms with van der Waals surface area (Å²) in [6, 6.07) is 4.15. The second kappa shape index (κ2) is 4.07. The van der Waals surface area contributed by atoms with Gasteiger partial charge in [-0.15, -0.1) is 0 Å². The Bertz CT molecular complexity index is 426. The molecule has 0 aliphatic carbocycles. The Kier molecular flexibility index (Phi) is 3.05. The Hall–Kier alpha value is -1.60. The highest BCUT2D eigenvalue weighted by Gasteiger charge is 2.13. The van der Waals surface area contributed by atoms with Crippen molar-refractivity contribution in [3.05, 3.63) is 34.1 Å². The fourth-order valence-electron chi connectivity index (χ4n) is 0.975. The van der Waals surface area contributed by atoms with Crippen molar-refractivity contribution in [3.8, 4) is 6.07 Å². The van der Waals surface area contributed by atoms with Crippen molar-refractivity contribution in [2.24, 2.45) is 0 Å². The van der Waals surface area contributed by atoms with E-state index in [1.807, 2.05) is 0 Å². The quantitative estimate of drug-likeness (QED) is 0.817. The van der Waals surface area contributed by atoms with Gasteiger partial charge in [-0.05, 0) is 11.6 Å². The van der Waals surface area contributed by atoms with E-state index in [-0.39, 0.29) is 22.6 Å². The molecule has 0 aliphatic heterocycles. The molecule has 0 saturated carbocycles. The molecule has 0 spiro atoms. The molecule has 1 aromatic carbocycles. The average molecular weight is 214 g/mol. The van der Waals surface area contributed by atoms with E-state index in [0.717, 1.165) is 0 Å². The normalized spacial score (nSPS) is 9.50. The molecule has 3 nitrogen and oxygen atoms in total. The van der Waals surface area contributed by atoms with Crippen LogP contribution in [0.2, 0.25) is 5.02 Å². The van der Waals surface area contributed by atoms with Gasteiger partial charge in [0.15, 0.2) is 5.82 Å². The van der Waals surface area contributed by atoms with Gasteiger partial charge in [-0.1, -0.05) is 17.7 Å². The summed E-state index contributed by atoms with van der Waals surface area (Å²) in [5.74, 6) is -1.97. The summed E-state index contributed by atoms with van der Waals surface area (Å²) in [5, 5.41) is 16.6. The first-order valence-corrected chi connectivity index (χ1v) is 4.03. The molecular formula is C9H5ClFNO2. The van der Waals surface area contributed by atoms with Crippen LogP contribution in [0.1, 0.15) is 11.1 Å². The lowest BCUT2D eigenvalue weighted by molar-refractivity contribution is -0.136. The topological polar surface area (TPSA) is 61.1 Å². The van der Waals surface area contributed by atoms with Crippen molar-refractivity contribution in [2.75, 3.05) is 0 Å². The fourth-order valence-corrected chi connectivity index (χ4v) is 1.21. The van der Waals surface area contributed by atoms with Crippen LogP contribution in [-0.2, 0) is 11.2 Å². The van der Waals surface area contributed by atoms with Gasteiger partial charge in [0.25, 0.3) is 0 Å². The van der Waals surface area contributed by atoms with E-state index in [0.29, 0.717) is 0 Å². The molecule has 72 valence electrons. The van der Waals surface area contributed by atoms with Gasteiger partial charge in [0.2, 0.25) is 0 Å². The summed E-state index contributed by atoms with van der Waals surface area (Å²) in [6.45, 7) is 0. The van der Waals surface area contributed by atoms with Crippen molar-refractivity contribution < 1.29 is 14.3 Å². The molecule has 0 atom stereocenters. The lowest BCUT2D eigenvalue weighted by Gasteiger charge is -2.02. The summed E-state index contributed by atoms with van der Waals surface area (Å²) >= 11 is 5.53. The minimum Gasteiger partial charge on any atom is -0.481 e. The number of nitrogens with zero attached hydrogens (tertiary/aromatic N) is 1. The van der Waals surface area contributed by atoms with Gasteiger partial charge in [0.1, 0.15) is 6.07 Å². The molecule has 0 aliphatic rings. The minimum absolute atomic E-state index is 0.163. The number of hydrogen-bond acceptors (Lipinski definition) is 2. The van der Waals surface area contributed by atoms with E-state index in [4.69, 9.17) is 22.0 Å². The highest BCUT2D eigenvalue weighted by Crippen LogP contribution is 2.23. The van der Waals surface area contributed by atoms with Gasteiger partial charge >= 0.3 is 5.97 Å². The zero-order valence-electron chi connectivity index (χ0n) is 6.92. The molecule has 0 aromatic heterocycles. The van der Waals surface area contributed by atoms with E-state index in [1.165, 1.54) is 12.1 Å². The Morgan fingerprint density at radius 3 is 2.79 bits per heavy atom. The van der Waals surface area contributed by atoms with Crippen LogP contribution in [0.5, 0.6) is 0 Å². The SMILES string of the molecule is N#Cc1ccc(CC(=O)O)c(Cl)c1F. The highest BCUT2D eigenvalue weighted by molar-refractivity contribution is 6.31. The van der Waals surface area contributed by atoms with E-state index >= 15 is 0 Å². The molecule has 0 bridgehead atoms. The average Bonchev–Trinajstić information content (AvgIpc) is 2.13. The maximum Gasteiger partial charge on any atom is 0.307 e. The molecule has 0 saturated heterocycles. The largest absolute Gasteiger partial charge is 0.481 e. The van der Waals surface area contributed by atoms with Crippen molar-refractivity contribution in [1.82, 2.24) is 0 Å². The first-order valence-electron chi connectivity index (χ1n) is 3.65. The van der Waals surface area contributed by atoms with Crippen LogP contribution in [0.25, 0.3) is 0 Å². The number of carboxylic acids is 1. The van der Waals surface area contributed by atoms with Gasteiger partial charge in [-0.3, -0.25) is 4.79 Å². The molecule has 1 aromatic rings. The first-order chi connectivity index (χ1) is 6.56. The van der Waals surface area contributed by atoms with Crippen molar-refractivity contribution in [1.29, 1.82) is 5.26 Å². The zero-order valence-corrected chi connectivity index (χ0v) is 7.68. The lowest BCUT2D eigenvalue weighted by atomic mass is 10.1. The van der Waals surface area contributed by atoms with Crippen LogP contribution in [0.4, 0.5) is 4.39 Å². The van der Waals surface area contributed by atoms with Crippen molar-refractivity contribution in [2.45, 2.75) is 6.42 Å². The number of carboxylic acid groups (broad SMARTS) is 1. The third kappa shape index (κ3) is 2.01. The molecular weight excluding hydrogens is 209 g/mol. The third-order valence-electron chi connectivity index (χ3n) is 1.62. The smallest absolute Gasteiger partial charge is 0.307 e. The van der Waals surface area contributed by atoms with E-state index in [1.54, 1.807) is 6.07 Å².